The van der Waals surface area contributed by atoms with Gasteiger partial charge < -0.3 is 36.6 Å². The molecule has 0 spiro atoms. The number of carbonyl (C=O) groups is 4. The number of nitrogens with two attached hydrogens (primary N) is 1. The number of amides is 1. The lowest BCUT2D eigenvalue weighted by atomic mass is 9.70. The number of rotatable bonds is 14. The molecule has 13 nitrogen and oxygen atoms in total. The van der Waals surface area contributed by atoms with E-state index in [-0.39, 0.29) is 23.7 Å². The number of Topliss-reactive ketones (excluding diaryl/α,β-unsaturated/α-hetero) is 1. The van der Waals surface area contributed by atoms with Gasteiger partial charge >= 0.3 is 5.97 Å². The third-order valence-electron chi connectivity index (χ3n) is 7.47. The SMILES string of the molecule is CC(C)c1cccc(O)c1C(=O)/C=C(\O)[C@]1(O)C(=O)C(C(=O)NCNC(CCCCN)C(=O)O)=C(O)[C@@H](N(C)C)[C@@H]1C. The van der Waals surface area contributed by atoms with Crippen molar-refractivity contribution in [3.8, 4) is 5.75 Å². The van der Waals surface area contributed by atoms with Crippen LogP contribution < -0.4 is 16.4 Å². The highest BCUT2D eigenvalue weighted by Crippen LogP contribution is 2.40. The lowest BCUT2D eigenvalue weighted by Crippen LogP contribution is -2.60. The quantitative estimate of drug-likeness (QED) is 0.0381. The van der Waals surface area contributed by atoms with Gasteiger partial charge in [0.1, 0.15) is 28.9 Å². The number of aliphatic hydroxyl groups excluding tert-OH is 2. The van der Waals surface area contributed by atoms with E-state index in [1.165, 1.54) is 32.0 Å². The second-order valence-electron chi connectivity index (χ2n) is 10.9. The Balaban J connectivity index is 2.45. The van der Waals surface area contributed by atoms with Crippen LogP contribution in [-0.4, -0.2) is 98.9 Å². The van der Waals surface area contributed by atoms with Gasteiger partial charge in [-0.15, -0.1) is 0 Å². The average Bonchev–Trinajstić information content (AvgIpc) is 2.90. The molecule has 13 heteroatoms. The first kappa shape index (κ1) is 34.4. The minimum atomic E-state index is -2.81. The molecule has 0 saturated carbocycles. The van der Waals surface area contributed by atoms with Gasteiger partial charge in [0.15, 0.2) is 11.4 Å². The number of carbonyl (C=O) groups excluding carboxylic acids is 3. The molecule has 1 aromatic carbocycles. The molecule has 0 heterocycles. The molecule has 232 valence electrons. The van der Waals surface area contributed by atoms with Gasteiger partial charge in [0.2, 0.25) is 5.78 Å². The topological polar surface area (TPSA) is 223 Å². The number of benzene rings is 1. The second kappa shape index (κ2) is 14.4. The number of nitrogens with zero attached hydrogens (tertiary/aromatic N) is 1. The van der Waals surface area contributed by atoms with Crippen LogP contribution in [0.2, 0.25) is 0 Å². The van der Waals surface area contributed by atoms with Crippen molar-refractivity contribution in [2.75, 3.05) is 27.3 Å². The molecule has 1 aromatic rings. The third kappa shape index (κ3) is 7.16. The number of allylic oxidation sites excluding steroid dienone is 1. The summed E-state index contributed by atoms with van der Waals surface area (Å²) < 4.78 is 0. The van der Waals surface area contributed by atoms with E-state index in [9.17, 15) is 44.7 Å². The predicted octanol–water partition coefficient (Wildman–Crippen LogP) is 1.08. The predicted molar refractivity (Wildman–Crippen MR) is 154 cm³/mol. The fourth-order valence-electron chi connectivity index (χ4n) is 5.15. The molecular formula is C29H42N4O9. The van der Waals surface area contributed by atoms with Crippen molar-refractivity contribution in [3.63, 3.8) is 0 Å². The largest absolute Gasteiger partial charge is 0.510 e. The van der Waals surface area contributed by atoms with Gasteiger partial charge in [-0.1, -0.05) is 39.3 Å². The van der Waals surface area contributed by atoms with Crippen LogP contribution in [0, 0.1) is 5.92 Å². The van der Waals surface area contributed by atoms with E-state index in [0.717, 1.165) is 0 Å². The van der Waals surface area contributed by atoms with Crippen LogP contribution in [0.4, 0.5) is 0 Å². The van der Waals surface area contributed by atoms with Gasteiger partial charge in [-0.05, 0) is 51.0 Å². The molecule has 1 amide bonds. The lowest BCUT2D eigenvalue weighted by molar-refractivity contribution is -0.145. The Morgan fingerprint density at radius 3 is 2.33 bits per heavy atom. The maximum atomic E-state index is 13.6. The van der Waals surface area contributed by atoms with E-state index in [1.54, 1.807) is 26.0 Å². The molecule has 0 aromatic heterocycles. The zero-order valence-corrected chi connectivity index (χ0v) is 24.5. The van der Waals surface area contributed by atoms with Gasteiger partial charge in [-0.3, -0.25) is 29.4 Å². The summed E-state index contributed by atoms with van der Waals surface area (Å²) >= 11 is 0. The number of unbranched alkanes of at least 4 members (excludes halogenated alkanes) is 1. The fourth-order valence-corrected chi connectivity index (χ4v) is 5.15. The number of carboxylic acid groups (broad SMARTS) is 1. The van der Waals surface area contributed by atoms with Gasteiger partial charge in [-0.2, -0.15) is 0 Å². The summed E-state index contributed by atoms with van der Waals surface area (Å²) in [7, 11) is 3.04. The third-order valence-corrected chi connectivity index (χ3v) is 7.47. The van der Waals surface area contributed by atoms with Crippen LogP contribution in [0.1, 0.15) is 61.9 Å². The first-order valence-corrected chi connectivity index (χ1v) is 13.7. The highest BCUT2D eigenvalue weighted by molar-refractivity contribution is 6.24. The van der Waals surface area contributed by atoms with Crippen molar-refractivity contribution in [3.05, 3.63) is 52.5 Å². The number of carboxylic acids is 1. The van der Waals surface area contributed by atoms with Crippen LogP contribution in [0.3, 0.4) is 0 Å². The summed E-state index contributed by atoms with van der Waals surface area (Å²) in [5.41, 5.74) is 2.12. The van der Waals surface area contributed by atoms with Crippen molar-refractivity contribution in [1.82, 2.24) is 15.5 Å². The monoisotopic (exact) mass is 590 g/mol. The summed E-state index contributed by atoms with van der Waals surface area (Å²) in [6.45, 7) is 4.95. The Morgan fingerprint density at radius 2 is 1.79 bits per heavy atom. The van der Waals surface area contributed by atoms with Gasteiger partial charge in [-0.25, -0.2) is 0 Å². The Morgan fingerprint density at radius 1 is 1.14 bits per heavy atom. The minimum absolute atomic E-state index is 0.121. The lowest BCUT2D eigenvalue weighted by Gasteiger charge is -2.43. The standard InChI is InChI=1S/C29H42N4O9/c1-15(2)17-9-8-11-19(34)22(17)20(35)13-21(36)29(42)16(3)24(33(4)5)25(37)23(26(29)38)27(39)32-14-31-18(28(40)41)10-6-7-12-30/h8-9,11,13,15-16,18,24,31,34,36-37,42H,6-7,10,12,14,30H2,1-5H3,(H,32,39)(H,40,41)/b21-13-/t16-,18?,24-,29-/m0/s1. The number of aliphatic hydroxyl groups is 3. The number of phenolic OH excluding ortho intramolecular Hbond substituents is 1. The number of ketones is 2. The molecule has 0 aliphatic heterocycles. The summed E-state index contributed by atoms with van der Waals surface area (Å²) in [6.07, 6.45) is 1.99. The molecule has 1 unspecified atom stereocenters. The molecule has 1 aliphatic carbocycles. The van der Waals surface area contributed by atoms with Crippen LogP contribution in [0.15, 0.2) is 41.4 Å². The first-order chi connectivity index (χ1) is 19.6. The summed E-state index contributed by atoms with van der Waals surface area (Å²) in [5, 5.41) is 58.4. The molecule has 2 rings (SSSR count). The Bertz CT molecular complexity index is 1260. The normalized spacial score (nSPS) is 22.0. The van der Waals surface area contributed by atoms with Gasteiger partial charge in [0.25, 0.3) is 5.91 Å². The fraction of sp³-hybridized carbons (Fsp3) is 0.517. The van der Waals surface area contributed by atoms with E-state index in [2.05, 4.69) is 10.6 Å². The Labute approximate surface area is 244 Å². The highest BCUT2D eigenvalue weighted by atomic mass is 16.4. The van der Waals surface area contributed by atoms with E-state index < -0.39 is 70.8 Å². The first-order valence-electron chi connectivity index (χ1n) is 13.7. The van der Waals surface area contributed by atoms with Crippen molar-refractivity contribution < 1.29 is 44.7 Å². The maximum Gasteiger partial charge on any atom is 0.320 e. The summed E-state index contributed by atoms with van der Waals surface area (Å²) in [6, 6.07) is 2.30. The molecule has 0 saturated heterocycles. The molecule has 0 fully saturated rings. The van der Waals surface area contributed by atoms with Crippen LogP contribution >= 0.6 is 0 Å². The Kier molecular flexibility index (Phi) is 11.8. The van der Waals surface area contributed by atoms with Crippen molar-refractivity contribution in [2.45, 2.75) is 63.6 Å². The number of likely N-dealkylation sites (N-methyl/N-ethyl adjacent to an activating group) is 1. The van der Waals surface area contributed by atoms with Crippen molar-refractivity contribution >= 4 is 23.4 Å². The number of hydrogen-bond acceptors (Lipinski definition) is 11. The number of aliphatic carboxylic acids is 1. The van der Waals surface area contributed by atoms with Crippen LogP contribution in [-0.2, 0) is 14.4 Å². The van der Waals surface area contributed by atoms with E-state index in [0.29, 0.717) is 31.0 Å². The highest BCUT2D eigenvalue weighted by Gasteiger charge is 2.57. The number of phenols is 1. The number of nitrogens with one attached hydrogen (secondary N) is 2. The minimum Gasteiger partial charge on any atom is -0.510 e. The molecule has 0 radical (unpaired) electrons. The number of aromatic hydroxyl groups is 1. The summed E-state index contributed by atoms with van der Waals surface area (Å²) in [5.74, 6) is -8.05. The van der Waals surface area contributed by atoms with Crippen molar-refractivity contribution in [1.29, 1.82) is 0 Å². The molecule has 42 heavy (non-hydrogen) atoms. The van der Waals surface area contributed by atoms with Crippen LogP contribution in [0.5, 0.6) is 5.75 Å². The van der Waals surface area contributed by atoms with Gasteiger partial charge in [0.05, 0.1) is 18.3 Å². The molecule has 4 atom stereocenters. The second-order valence-corrected chi connectivity index (χ2v) is 10.9. The van der Waals surface area contributed by atoms with E-state index in [4.69, 9.17) is 5.73 Å². The van der Waals surface area contributed by atoms with E-state index in [1.807, 2.05) is 0 Å². The zero-order valence-electron chi connectivity index (χ0n) is 24.5. The average molecular weight is 591 g/mol. The number of hydrogen-bond donors (Lipinski definition) is 8. The van der Waals surface area contributed by atoms with Gasteiger partial charge in [0, 0.05) is 12.0 Å². The van der Waals surface area contributed by atoms with E-state index >= 15 is 0 Å². The van der Waals surface area contributed by atoms with Crippen molar-refractivity contribution in [2.24, 2.45) is 11.7 Å². The molecule has 9 N–H and O–H groups in total. The molecular weight excluding hydrogens is 548 g/mol. The zero-order chi connectivity index (χ0) is 31.9. The molecule has 1 aliphatic rings. The van der Waals surface area contributed by atoms with Crippen LogP contribution in [0.25, 0.3) is 0 Å². The summed E-state index contributed by atoms with van der Waals surface area (Å²) in [4.78, 5) is 52.9. The Hall–Kier alpha value is -3.78. The maximum absolute atomic E-state index is 13.6. The smallest absolute Gasteiger partial charge is 0.320 e. The molecule has 0 bridgehead atoms.